The number of hydrogen-bond acceptors (Lipinski definition) is 3. The molecular formula is C13H15N3O2. The molecule has 0 fully saturated rings. The maximum atomic E-state index is 11.5. The van der Waals surface area contributed by atoms with Crippen molar-refractivity contribution in [1.29, 1.82) is 5.41 Å². The summed E-state index contributed by atoms with van der Waals surface area (Å²) in [4.78, 5) is 15.3. The summed E-state index contributed by atoms with van der Waals surface area (Å²) in [6.07, 6.45) is 0. The summed E-state index contributed by atoms with van der Waals surface area (Å²) in [5.74, 6) is -0.118. The summed E-state index contributed by atoms with van der Waals surface area (Å²) in [5, 5.41) is 20.1. The normalized spacial score (nSPS) is 23.2. The second kappa shape index (κ2) is 4.60. The van der Waals surface area contributed by atoms with E-state index < -0.39 is 6.03 Å². The van der Waals surface area contributed by atoms with Crippen molar-refractivity contribution < 1.29 is 9.90 Å². The molecule has 2 amide bonds. The molecule has 0 radical (unpaired) electrons. The van der Waals surface area contributed by atoms with E-state index in [1.165, 1.54) is 0 Å². The van der Waals surface area contributed by atoms with Crippen LogP contribution in [0, 0.1) is 11.3 Å². The van der Waals surface area contributed by atoms with E-state index in [0.717, 1.165) is 5.56 Å². The minimum Gasteiger partial charge on any atom is -0.508 e. The van der Waals surface area contributed by atoms with Crippen LogP contribution in [0.1, 0.15) is 25.5 Å². The lowest BCUT2D eigenvalue weighted by atomic mass is 9.85. The van der Waals surface area contributed by atoms with E-state index in [9.17, 15) is 9.90 Å². The van der Waals surface area contributed by atoms with Crippen LogP contribution in [-0.2, 0) is 0 Å². The number of aromatic hydroxyl groups is 1. The number of hydrogen-bond donors (Lipinski definition) is 3. The lowest BCUT2D eigenvalue weighted by Crippen LogP contribution is -2.42. The van der Waals surface area contributed by atoms with E-state index in [1.54, 1.807) is 32.0 Å². The SMILES string of the molecule is CC(=N)C1C(C)=NC(=O)NC1c1cccc(O)c1. The van der Waals surface area contributed by atoms with E-state index in [-0.39, 0.29) is 17.7 Å². The van der Waals surface area contributed by atoms with Gasteiger partial charge in [0.2, 0.25) is 0 Å². The summed E-state index contributed by atoms with van der Waals surface area (Å²) in [6, 6.07) is 5.95. The van der Waals surface area contributed by atoms with Gasteiger partial charge in [-0.15, -0.1) is 0 Å². The van der Waals surface area contributed by atoms with Crippen LogP contribution in [0.5, 0.6) is 5.75 Å². The van der Waals surface area contributed by atoms with Gasteiger partial charge in [-0.25, -0.2) is 9.79 Å². The third kappa shape index (κ3) is 2.25. The Kier molecular flexibility index (Phi) is 3.14. The number of carbonyl (C=O) groups is 1. The fourth-order valence-electron chi connectivity index (χ4n) is 2.28. The lowest BCUT2D eigenvalue weighted by Gasteiger charge is -2.30. The minimum atomic E-state index is -0.404. The summed E-state index contributed by atoms with van der Waals surface area (Å²) >= 11 is 0. The molecule has 5 nitrogen and oxygen atoms in total. The molecule has 0 saturated carbocycles. The van der Waals surface area contributed by atoms with Crippen molar-refractivity contribution in [2.45, 2.75) is 19.9 Å². The van der Waals surface area contributed by atoms with Gasteiger partial charge in [0.25, 0.3) is 0 Å². The number of phenolic OH excluding ortho intramolecular Hbond substituents is 1. The Bertz CT molecular complexity index is 537. The standard InChI is InChI=1S/C13H15N3O2/c1-7(14)11-8(2)15-13(18)16-12(11)9-4-3-5-10(17)6-9/h3-6,11-12,14,17H,1-2H3,(H,16,18). The molecule has 0 bridgehead atoms. The van der Waals surface area contributed by atoms with Crippen molar-refractivity contribution >= 4 is 17.5 Å². The van der Waals surface area contributed by atoms with Crippen LogP contribution in [0.3, 0.4) is 0 Å². The highest BCUT2D eigenvalue weighted by Crippen LogP contribution is 2.29. The average Bonchev–Trinajstić information content (AvgIpc) is 2.27. The number of phenols is 1. The molecule has 0 saturated heterocycles. The van der Waals surface area contributed by atoms with Crippen molar-refractivity contribution in [2.75, 3.05) is 0 Å². The molecule has 1 aliphatic heterocycles. The first kappa shape index (κ1) is 12.3. The molecule has 94 valence electrons. The first-order valence-electron chi connectivity index (χ1n) is 5.68. The van der Waals surface area contributed by atoms with Gasteiger partial charge in [-0.05, 0) is 31.5 Å². The Morgan fingerprint density at radius 2 is 2.22 bits per heavy atom. The van der Waals surface area contributed by atoms with Crippen LogP contribution in [0.15, 0.2) is 29.3 Å². The van der Waals surface area contributed by atoms with Crippen molar-refractivity contribution in [3.05, 3.63) is 29.8 Å². The maximum Gasteiger partial charge on any atom is 0.341 e. The Morgan fingerprint density at radius 3 is 2.83 bits per heavy atom. The number of benzene rings is 1. The minimum absolute atomic E-state index is 0.142. The summed E-state index contributed by atoms with van der Waals surface area (Å²) in [7, 11) is 0. The van der Waals surface area contributed by atoms with Gasteiger partial charge in [-0.1, -0.05) is 12.1 Å². The Morgan fingerprint density at radius 1 is 1.50 bits per heavy atom. The summed E-state index contributed by atoms with van der Waals surface area (Å²) in [5.41, 5.74) is 1.83. The highest BCUT2D eigenvalue weighted by atomic mass is 16.3. The van der Waals surface area contributed by atoms with E-state index in [4.69, 9.17) is 5.41 Å². The number of rotatable bonds is 2. The predicted octanol–water partition coefficient (Wildman–Crippen LogP) is 2.27. The third-order valence-electron chi connectivity index (χ3n) is 3.04. The highest BCUT2D eigenvalue weighted by Gasteiger charge is 2.32. The van der Waals surface area contributed by atoms with Crippen LogP contribution < -0.4 is 5.32 Å². The Hall–Kier alpha value is -2.17. The largest absolute Gasteiger partial charge is 0.508 e. The number of carbonyl (C=O) groups excluding carboxylic acids is 1. The number of nitrogens with one attached hydrogen (secondary N) is 2. The topological polar surface area (TPSA) is 85.5 Å². The van der Waals surface area contributed by atoms with E-state index >= 15 is 0 Å². The van der Waals surface area contributed by atoms with E-state index in [0.29, 0.717) is 11.4 Å². The van der Waals surface area contributed by atoms with Crippen LogP contribution >= 0.6 is 0 Å². The molecule has 0 aromatic heterocycles. The van der Waals surface area contributed by atoms with Gasteiger partial charge in [0.15, 0.2) is 0 Å². The molecule has 3 N–H and O–H groups in total. The third-order valence-corrected chi connectivity index (χ3v) is 3.04. The van der Waals surface area contributed by atoms with Crippen LogP contribution in [-0.4, -0.2) is 22.6 Å². The Balaban J connectivity index is 2.44. The maximum absolute atomic E-state index is 11.5. The molecule has 2 atom stereocenters. The molecule has 1 heterocycles. The van der Waals surface area contributed by atoms with Gasteiger partial charge in [-0.3, -0.25) is 0 Å². The number of amides is 2. The Labute approximate surface area is 105 Å². The monoisotopic (exact) mass is 245 g/mol. The molecule has 18 heavy (non-hydrogen) atoms. The molecular weight excluding hydrogens is 230 g/mol. The van der Waals surface area contributed by atoms with Gasteiger partial charge < -0.3 is 15.8 Å². The fourth-order valence-corrected chi connectivity index (χ4v) is 2.28. The molecule has 2 rings (SSSR count). The van der Waals surface area contributed by atoms with Gasteiger partial charge in [0.1, 0.15) is 5.75 Å². The zero-order valence-corrected chi connectivity index (χ0v) is 10.3. The van der Waals surface area contributed by atoms with Crippen molar-refractivity contribution in [3.8, 4) is 5.75 Å². The molecule has 1 aliphatic rings. The summed E-state index contributed by atoms with van der Waals surface area (Å²) < 4.78 is 0. The zero-order valence-electron chi connectivity index (χ0n) is 10.3. The predicted molar refractivity (Wildman–Crippen MR) is 69.4 cm³/mol. The first-order valence-corrected chi connectivity index (χ1v) is 5.68. The average molecular weight is 245 g/mol. The van der Waals surface area contributed by atoms with Gasteiger partial charge in [0.05, 0.1) is 12.0 Å². The quantitative estimate of drug-likeness (QED) is 0.698. The van der Waals surface area contributed by atoms with E-state index in [1.807, 2.05) is 6.07 Å². The zero-order chi connectivity index (χ0) is 13.3. The number of aliphatic imine (C=N–C) groups is 1. The van der Waals surface area contributed by atoms with Crippen molar-refractivity contribution in [3.63, 3.8) is 0 Å². The first-order chi connectivity index (χ1) is 8.49. The highest BCUT2D eigenvalue weighted by molar-refractivity contribution is 6.10. The van der Waals surface area contributed by atoms with Gasteiger partial charge >= 0.3 is 6.03 Å². The van der Waals surface area contributed by atoms with E-state index in [2.05, 4.69) is 10.3 Å². The second-order valence-electron chi connectivity index (χ2n) is 4.44. The molecule has 0 spiro atoms. The van der Waals surface area contributed by atoms with Crippen LogP contribution in [0.2, 0.25) is 0 Å². The summed E-state index contributed by atoms with van der Waals surface area (Å²) in [6.45, 7) is 3.44. The van der Waals surface area contributed by atoms with Crippen molar-refractivity contribution in [1.82, 2.24) is 5.32 Å². The van der Waals surface area contributed by atoms with Crippen molar-refractivity contribution in [2.24, 2.45) is 10.9 Å². The molecule has 2 unspecified atom stereocenters. The smallest absolute Gasteiger partial charge is 0.341 e. The number of urea groups is 1. The van der Waals surface area contributed by atoms with Gasteiger partial charge in [0, 0.05) is 11.4 Å². The molecule has 1 aromatic carbocycles. The van der Waals surface area contributed by atoms with Crippen LogP contribution in [0.25, 0.3) is 0 Å². The molecule has 0 aliphatic carbocycles. The molecule has 1 aromatic rings. The molecule has 5 heteroatoms. The number of nitrogens with zero attached hydrogens (tertiary/aromatic N) is 1. The van der Waals surface area contributed by atoms with Gasteiger partial charge in [-0.2, -0.15) is 0 Å². The van der Waals surface area contributed by atoms with Crippen LogP contribution in [0.4, 0.5) is 4.79 Å². The second-order valence-corrected chi connectivity index (χ2v) is 4.44. The lowest BCUT2D eigenvalue weighted by molar-refractivity contribution is 0.242. The fraction of sp³-hybridized carbons (Fsp3) is 0.308.